The Balaban J connectivity index is 2.81. The van der Waals surface area contributed by atoms with Crippen LogP contribution in [0.1, 0.15) is 17.3 Å². The highest BCUT2D eigenvalue weighted by molar-refractivity contribution is 6.12. The molecule has 0 bridgehead atoms. The zero-order chi connectivity index (χ0) is 15.8. The highest BCUT2D eigenvalue weighted by Crippen LogP contribution is 2.15. The van der Waals surface area contributed by atoms with Crippen LogP contribution in [0, 0.1) is 17.2 Å². The van der Waals surface area contributed by atoms with E-state index in [0.29, 0.717) is 12.4 Å². The van der Waals surface area contributed by atoms with Gasteiger partial charge in [-0.25, -0.2) is 0 Å². The molecule has 2 atom stereocenters. The lowest BCUT2D eigenvalue weighted by Gasteiger charge is -2.15. The van der Waals surface area contributed by atoms with E-state index in [9.17, 15) is 9.59 Å². The quantitative estimate of drug-likeness (QED) is 0.601. The average molecular weight is 290 g/mol. The predicted octanol–water partition coefficient (Wildman–Crippen LogP) is 1.17. The second-order valence-electron chi connectivity index (χ2n) is 4.52. The molecule has 6 heteroatoms. The Morgan fingerprint density at radius 1 is 1.29 bits per heavy atom. The maximum Gasteiger partial charge on any atom is 0.245 e. The molecule has 0 saturated carbocycles. The van der Waals surface area contributed by atoms with Gasteiger partial charge in [0.2, 0.25) is 5.91 Å². The second-order valence-corrected chi connectivity index (χ2v) is 4.52. The largest absolute Gasteiger partial charge is 0.497 e. The second kappa shape index (κ2) is 8.02. The van der Waals surface area contributed by atoms with E-state index in [4.69, 9.17) is 14.7 Å². The third-order valence-electron chi connectivity index (χ3n) is 2.83. The summed E-state index contributed by atoms with van der Waals surface area (Å²) in [5.41, 5.74) is 0.289. The van der Waals surface area contributed by atoms with Gasteiger partial charge in [0.05, 0.1) is 19.8 Å². The summed E-state index contributed by atoms with van der Waals surface area (Å²) in [6, 6.07) is 7.73. The fourth-order valence-corrected chi connectivity index (χ4v) is 1.78. The van der Waals surface area contributed by atoms with Crippen LogP contribution >= 0.6 is 0 Å². The van der Waals surface area contributed by atoms with Crippen molar-refractivity contribution in [2.75, 3.05) is 20.8 Å². The Kier molecular flexibility index (Phi) is 6.37. The Bertz CT molecular complexity index is 534. The topological polar surface area (TPSA) is 88.4 Å². The molecule has 0 aliphatic carbocycles. The number of methoxy groups -OCH3 is 2. The van der Waals surface area contributed by atoms with E-state index in [-0.39, 0.29) is 11.6 Å². The molecular weight excluding hydrogens is 272 g/mol. The summed E-state index contributed by atoms with van der Waals surface area (Å²) in [5, 5.41) is 11.7. The Morgan fingerprint density at radius 2 is 1.90 bits per heavy atom. The minimum absolute atomic E-state index is 0.276. The van der Waals surface area contributed by atoms with E-state index in [1.54, 1.807) is 25.1 Å². The molecule has 1 aromatic carbocycles. The van der Waals surface area contributed by atoms with Crippen molar-refractivity contribution in [3.8, 4) is 11.8 Å². The van der Waals surface area contributed by atoms with Gasteiger partial charge in [0.1, 0.15) is 5.75 Å². The molecule has 0 saturated heterocycles. The fourth-order valence-electron chi connectivity index (χ4n) is 1.78. The number of ether oxygens (including phenoxy) is 2. The van der Waals surface area contributed by atoms with Crippen molar-refractivity contribution in [1.82, 2.24) is 5.32 Å². The Labute approximate surface area is 123 Å². The molecule has 0 unspecified atom stereocenters. The van der Waals surface area contributed by atoms with Gasteiger partial charge in [0.15, 0.2) is 11.7 Å². The number of nitrogens with zero attached hydrogens (tertiary/aromatic N) is 1. The Morgan fingerprint density at radius 3 is 2.38 bits per heavy atom. The summed E-state index contributed by atoms with van der Waals surface area (Å²) in [5.74, 6) is -1.94. The molecule has 0 aromatic heterocycles. The zero-order valence-electron chi connectivity index (χ0n) is 12.3. The number of hydrogen-bond acceptors (Lipinski definition) is 5. The molecule has 1 amide bonds. The monoisotopic (exact) mass is 290 g/mol. The van der Waals surface area contributed by atoms with Crippen molar-refractivity contribution >= 4 is 11.7 Å². The lowest BCUT2D eigenvalue weighted by molar-refractivity contribution is -0.123. The first-order valence-electron chi connectivity index (χ1n) is 6.40. The first-order chi connectivity index (χ1) is 10.0. The van der Waals surface area contributed by atoms with Crippen LogP contribution in [0.3, 0.4) is 0 Å². The molecule has 0 heterocycles. The number of Topliss-reactive ketones (excluding diaryl/α,β-unsaturated/α-hetero) is 1. The summed E-state index contributed by atoms with van der Waals surface area (Å²) in [4.78, 5) is 24.2. The molecule has 0 fully saturated rings. The lowest BCUT2D eigenvalue weighted by Crippen LogP contribution is -2.41. The van der Waals surface area contributed by atoms with Crippen molar-refractivity contribution in [2.24, 2.45) is 5.92 Å². The molecular formula is C15H18N2O4. The number of carbonyl (C=O) groups excluding carboxylic acids is 2. The number of carbonyl (C=O) groups is 2. The number of amides is 1. The highest BCUT2D eigenvalue weighted by Gasteiger charge is 2.28. The van der Waals surface area contributed by atoms with E-state index in [1.807, 2.05) is 0 Å². The van der Waals surface area contributed by atoms with Crippen molar-refractivity contribution in [1.29, 1.82) is 5.26 Å². The summed E-state index contributed by atoms with van der Waals surface area (Å²) in [7, 11) is 3.02. The van der Waals surface area contributed by atoms with Gasteiger partial charge in [-0.2, -0.15) is 5.26 Å². The number of ketones is 1. The molecule has 0 spiro atoms. The van der Waals surface area contributed by atoms with Crippen LogP contribution in [0.25, 0.3) is 0 Å². The molecule has 1 rings (SSSR count). The lowest BCUT2D eigenvalue weighted by atomic mass is 9.97. The summed E-state index contributed by atoms with van der Waals surface area (Å²) in [6.07, 6.45) is 0. The number of nitrogens with one attached hydrogen (secondary N) is 1. The van der Waals surface area contributed by atoms with Crippen LogP contribution in [0.2, 0.25) is 0 Å². The van der Waals surface area contributed by atoms with Gasteiger partial charge in [0.25, 0.3) is 0 Å². The molecule has 6 nitrogen and oxygen atoms in total. The molecule has 1 N–H and O–H groups in total. The normalized spacial score (nSPS) is 12.9. The standard InChI is InChI=1S/C15H18N2O4/c1-10(9-20-2)17-15(19)13(8-16)14(18)11-4-6-12(21-3)7-5-11/h4-7,10,13H,9H2,1-3H3,(H,17,19)/t10-,13+/m1/s1. The fraction of sp³-hybridized carbons (Fsp3) is 0.400. The van der Waals surface area contributed by atoms with Crippen LogP contribution in [0.15, 0.2) is 24.3 Å². The maximum absolute atomic E-state index is 12.2. The summed E-state index contributed by atoms with van der Waals surface area (Å²) in [6.45, 7) is 2.04. The summed E-state index contributed by atoms with van der Waals surface area (Å²) < 4.78 is 9.89. The summed E-state index contributed by atoms with van der Waals surface area (Å²) >= 11 is 0. The van der Waals surface area contributed by atoms with Crippen molar-refractivity contribution in [3.63, 3.8) is 0 Å². The molecule has 0 radical (unpaired) electrons. The molecule has 112 valence electrons. The average Bonchev–Trinajstić information content (AvgIpc) is 2.48. The van der Waals surface area contributed by atoms with Gasteiger partial charge in [-0.05, 0) is 31.2 Å². The number of nitriles is 1. The van der Waals surface area contributed by atoms with Gasteiger partial charge in [-0.3, -0.25) is 9.59 Å². The van der Waals surface area contributed by atoms with Gasteiger partial charge < -0.3 is 14.8 Å². The van der Waals surface area contributed by atoms with Crippen LogP contribution in [-0.4, -0.2) is 38.6 Å². The molecule has 21 heavy (non-hydrogen) atoms. The van der Waals surface area contributed by atoms with Crippen LogP contribution in [0.5, 0.6) is 5.75 Å². The van der Waals surface area contributed by atoms with Crippen molar-refractivity contribution < 1.29 is 19.1 Å². The van der Waals surface area contributed by atoms with Gasteiger partial charge >= 0.3 is 0 Å². The third kappa shape index (κ3) is 4.58. The zero-order valence-corrected chi connectivity index (χ0v) is 12.3. The Hall–Kier alpha value is -2.39. The van der Waals surface area contributed by atoms with Crippen molar-refractivity contribution in [3.05, 3.63) is 29.8 Å². The van der Waals surface area contributed by atoms with E-state index in [2.05, 4.69) is 5.32 Å². The van der Waals surface area contributed by atoms with Gasteiger partial charge in [-0.15, -0.1) is 0 Å². The third-order valence-corrected chi connectivity index (χ3v) is 2.83. The first-order valence-corrected chi connectivity index (χ1v) is 6.40. The van der Waals surface area contributed by atoms with Crippen molar-refractivity contribution in [2.45, 2.75) is 13.0 Å². The van der Waals surface area contributed by atoms with E-state index in [1.165, 1.54) is 26.4 Å². The molecule has 1 aromatic rings. The van der Waals surface area contributed by atoms with Gasteiger partial charge in [0, 0.05) is 18.7 Å². The first kappa shape index (κ1) is 16.7. The van der Waals surface area contributed by atoms with E-state index in [0.717, 1.165) is 0 Å². The van der Waals surface area contributed by atoms with E-state index >= 15 is 0 Å². The number of rotatable bonds is 7. The highest BCUT2D eigenvalue weighted by atomic mass is 16.5. The van der Waals surface area contributed by atoms with E-state index < -0.39 is 17.6 Å². The van der Waals surface area contributed by atoms with Crippen LogP contribution in [-0.2, 0) is 9.53 Å². The number of benzene rings is 1. The molecule has 0 aliphatic rings. The maximum atomic E-state index is 12.2. The van der Waals surface area contributed by atoms with Gasteiger partial charge in [-0.1, -0.05) is 0 Å². The smallest absolute Gasteiger partial charge is 0.245 e. The SMILES string of the molecule is COC[C@@H](C)NC(=O)[C@@H](C#N)C(=O)c1ccc(OC)cc1. The minimum Gasteiger partial charge on any atom is -0.497 e. The molecule has 0 aliphatic heterocycles. The minimum atomic E-state index is -1.38. The predicted molar refractivity (Wildman–Crippen MR) is 75.9 cm³/mol. The van der Waals surface area contributed by atoms with Crippen LogP contribution in [0.4, 0.5) is 0 Å². The van der Waals surface area contributed by atoms with Crippen LogP contribution < -0.4 is 10.1 Å². The number of hydrogen-bond donors (Lipinski definition) is 1.